The fourth-order valence-corrected chi connectivity index (χ4v) is 1.61. The van der Waals surface area contributed by atoms with Crippen LogP contribution in [0.4, 0.5) is 0 Å². The van der Waals surface area contributed by atoms with E-state index in [1.165, 1.54) is 13.1 Å². The Hall–Kier alpha value is -2.80. The normalized spacial score (nSPS) is 10.8. The lowest BCUT2D eigenvalue weighted by molar-refractivity contribution is -0.116. The van der Waals surface area contributed by atoms with Gasteiger partial charge in [-0.25, -0.2) is 0 Å². The number of hydrogen-bond donors (Lipinski definition) is 1. The minimum absolute atomic E-state index is 0.0106. The molecule has 0 saturated heterocycles. The number of hydrogen-bond acceptors (Lipinski definition) is 3. The van der Waals surface area contributed by atoms with Crippen LogP contribution in [0.1, 0.15) is 5.76 Å². The summed E-state index contributed by atoms with van der Waals surface area (Å²) in [5, 5.41) is 11.3. The van der Waals surface area contributed by atoms with Crippen molar-refractivity contribution in [1.29, 1.82) is 5.26 Å². The molecule has 0 bridgehead atoms. The molecular weight excluding hydrogens is 240 g/mol. The van der Waals surface area contributed by atoms with Crippen LogP contribution < -0.4 is 5.32 Å². The maximum Gasteiger partial charge on any atom is 0.261 e. The molecule has 0 radical (unpaired) electrons. The summed E-state index contributed by atoms with van der Waals surface area (Å²) in [4.78, 5) is 11.4. The largest absolute Gasteiger partial charge is 0.457 e. The zero-order chi connectivity index (χ0) is 13.7. The Morgan fingerprint density at radius 1 is 1.26 bits per heavy atom. The predicted octanol–water partition coefficient (Wildman–Crippen LogP) is 2.60. The smallest absolute Gasteiger partial charge is 0.261 e. The summed E-state index contributed by atoms with van der Waals surface area (Å²) >= 11 is 0. The highest BCUT2D eigenvalue weighted by Crippen LogP contribution is 2.22. The van der Waals surface area contributed by atoms with Crippen molar-refractivity contribution in [3.63, 3.8) is 0 Å². The third-order valence-electron chi connectivity index (χ3n) is 2.56. The van der Waals surface area contributed by atoms with Gasteiger partial charge in [0.05, 0.1) is 0 Å². The molecule has 1 aromatic heterocycles. The molecule has 0 saturated carbocycles. The highest BCUT2D eigenvalue weighted by molar-refractivity contribution is 6.01. The molecule has 0 fully saturated rings. The highest BCUT2D eigenvalue weighted by atomic mass is 16.3. The van der Waals surface area contributed by atoms with Crippen molar-refractivity contribution < 1.29 is 9.21 Å². The fourth-order valence-electron chi connectivity index (χ4n) is 1.61. The molecule has 0 aliphatic carbocycles. The molecule has 0 aliphatic rings. The number of nitriles is 1. The van der Waals surface area contributed by atoms with E-state index in [2.05, 4.69) is 5.32 Å². The SMILES string of the molecule is CNC(=O)/C(C#N)=C/c1ccc(-c2ccccc2)o1. The van der Waals surface area contributed by atoms with Gasteiger partial charge in [-0.05, 0) is 12.1 Å². The minimum Gasteiger partial charge on any atom is -0.457 e. The van der Waals surface area contributed by atoms with Crippen LogP contribution in [0.15, 0.2) is 52.5 Å². The van der Waals surface area contributed by atoms with Gasteiger partial charge in [-0.15, -0.1) is 0 Å². The number of furan rings is 1. The topological polar surface area (TPSA) is 66.0 Å². The number of nitrogens with zero attached hydrogens (tertiary/aromatic N) is 1. The third-order valence-corrected chi connectivity index (χ3v) is 2.56. The lowest BCUT2D eigenvalue weighted by atomic mass is 10.2. The van der Waals surface area contributed by atoms with Crippen LogP contribution in [-0.2, 0) is 4.79 Å². The van der Waals surface area contributed by atoms with E-state index < -0.39 is 5.91 Å². The third kappa shape index (κ3) is 2.90. The lowest BCUT2D eigenvalue weighted by Gasteiger charge is -1.96. The van der Waals surface area contributed by atoms with Gasteiger partial charge in [0.1, 0.15) is 23.2 Å². The molecule has 0 atom stereocenters. The van der Waals surface area contributed by atoms with Gasteiger partial charge in [-0.1, -0.05) is 30.3 Å². The number of benzene rings is 1. The van der Waals surface area contributed by atoms with Crippen molar-refractivity contribution >= 4 is 12.0 Å². The molecular formula is C15H12N2O2. The Kier molecular flexibility index (Phi) is 3.79. The second-order valence-electron chi connectivity index (χ2n) is 3.82. The van der Waals surface area contributed by atoms with E-state index in [-0.39, 0.29) is 5.57 Å². The molecule has 1 N–H and O–H groups in total. The molecule has 0 spiro atoms. The molecule has 2 rings (SSSR count). The second kappa shape index (κ2) is 5.69. The van der Waals surface area contributed by atoms with Gasteiger partial charge in [0, 0.05) is 18.7 Å². The van der Waals surface area contributed by atoms with Crippen molar-refractivity contribution in [1.82, 2.24) is 5.32 Å². The Labute approximate surface area is 111 Å². The second-order valence-corrected chi connectivity index (χ2v) is 3.82. The molecule has 1 aromatic carbocycles. The monoisotopic (exact) mass is 252 g/mol. The first-order valence-electron chi connectivity index (χ1n) is 5.73. The molecule has 4 nitrogen and oxygen atoms in total. The average Bonchev–Trinajstić information content (AvgIpc) is 2.93. The van der Waals surface area contributed by atoms with Crippen molar-refractivity contribution in [2.24, 2.45) is 0 Å². The summed E-state index contributed by atoms with van der Waals surface area (Å²) in [6, 6.07) is 15.0. The molecule has 4 heteroatoms. The maximum absolute atomic E-state index is 11.4. The zero-order valence-electron chi connectivity index (χ0n) is 10.4. The maximum atomic E-state index is 11.4. The minimum atomic E-state index is -0.430. The van der Waals surface area contributed by atoms with Gasteiger partial charge < -0.3 is 9.73 Å². The molecule has 1 amide bonds. The van der Waals surface area contributed by atoms with E-state index >= 15 is 0 Å². The number of likely N-dealkylation sites (N-methyl/N-ethyl adjacent to an activating group) is 1. The summed E-state index contributed by atoms with van der Waals surface area (Å²) in [5.41, 5.74) is 0.956. The number of nitrogens with one attached hydrogen (secondary N) is 1. The van der Waals surface area contributed by atoms with Gasteiger partial charge >= 0.3 is 0 Å². The van der Waals surface area contributed by atoms with E-state index in [9.17, 15) is 4.79 Å². The van der Waals surface area contributed by atoms with Gasteiger partial charge in [0.2, 0.25) is 0 Å². The summed E-state index contributed by atoms with van der Waals surface area (Å²) in [7, 11) is 1.48. The molecule has 19 heavy (non-hydrogen) atoms. The Morgan fingerprint density at radius 3 is 2.63 bits per heavy atom. The summed E-state index contributed by atoms with van der Waals surface area (Å²) < 4.78 is 5.59. The van der Waals surface area contributed by atoms with E-state index in [1.54, 1.807) is 12.1 Å². The molecule has 0 unspecified atom stereocenters. The van der Waals surface area contributed by atoms with E-state index in [0.29, 0.717) is 11.5 Å². The van der Waals surface area contributed by atoms with Gasteiger partial charge in [0.15, 0.2) is 0 Å². The Morgan fingerprint density at radius 2 is 2.00 bits per heavy atom. The predicted molar refractivity (Wildman–Crippen MR) is 71.8 cm³/mol. The molecule has 1 heterocycles. The highest BCUT2D eigenvalue weighted by Gasteiger charge is 2.08. The van der Waals surface area contributed by atoms with Gasteiger partial charge in [0.25, 0.3) is 5.91 Å². The van der Waals surface area contributed by atoms with Crippen LogP contribution in [0.5, 0.6) is 0 Å². The van der Waals surface area contributed by atoms with E-state index in [4.69, 9.17) is 9.68 Å². The summed E-state index contributed by atoms with van der Waals surface area (Å²) in [6.07, 6.45) is 1.42. The molecule has 0 aliphatic heterocycles. The Balaban J connectivity index is 2.30. The number of carbonyl (C=O) groups excluding carboxylic acids is 1. The van der Waals surface area contributed by atoms with Gasteiger partial charge in [-0.2, -0.15) is 5.26 Å². The van der Waals surface area contributed by atoms with Crippen molar-refractivity contribution in [3.05, 3.63) is 53.8 Å². The van der Waals surface area contributed by atoms with Crippen molar-refractivity contribution in [3.8, 4) is 17.4 Å². The van der Waals surface area contributed by atoms with E-state index in [0.717, 1.165) is 5.56 Å². The van der Waals surface area contributed by atoms with Crippen molar-refractivity contribution in [2.75, 3.05) is 7.05 Å². The number of carbonyl (C=O) groups is 1. The van der Waals surface area contributed by atoms with Crippen LogP contribution in [-0.4, -0.2) is 13.0 Å². The molecule has 94 valence electrons. The zero-order valence-corrected chi connectivity index (χ0v) is 10.4. The first-order valence-corrected chi connectivity index (χ1v) is 5.73. The fraction of sp³-hybridized carbons (Fsp3) is 0.0667. The van der Waals surface area contributed by atoms with Crippen LogP contribution in [0.25, 0.3) is 17.4 Å². The first-order chi connectivity index (χ1) is 9.24. The van der Waals surface area contributed by atoms with Crippen LogP contribution >= 0.6 is 0 Å². The van der Waals surface area contributed by atoms with Crippen molar-refractivity contribution in [2.45, 2.75) is 0 Å². The van der Waals surface area contributed by atoms with Crippen LogP contribution in [0, 0.1) is 11.3 Å². The lowest BCUT2D eigenvalue weighted by Crippen LogP contribution is -2.18. The number of amides is 1. The first kappa shape index (κ1) is 12.7. The quantitative estimate of drug-likeness (QED) is 0.674. The Bertz CT molecular complexity index is 648. The standard InChI is InChI=1S/C15H12N2O2/c1-17-15(18)12(10-16)9-13-7-8-14(19-13)11-5-3-2-4-6-11/h2-9H,1H3,(H,17,18)/b12-9+. The summed E-state index contributed by atoms with van der Waals surface area (Å²) in [6.45, 7) is 0. The number of rotatable bonds is 3. The average molecular weight is 252 g/mol. The van der Waals surface area contributed by atoms with Gasteiger partial charge in [-0.3, -0.25) is 4.79 Å². The molecule has 2 aromatic rings. The van der Waals surface area contributed by atoms with Crippen LogP contribution in [0.3, 0.4) is 0 Å². The van der Waals surface area contributed by atoms with E-state index in [1.807, 2.05) is 36.4 Å². The van der Waals surface area contributed by atoms with Crippen LogP contribution in [0.2, 0.25) is 0 Å². The summed E-state index contributed by atoms with van der Waals surface area (Å²) in [5.74, 6) is 0.736.